The van der Waals surface area contributed by atoms with Crippen LogP contribution in [0.1, 0.15) is 39.0 Å². The van der Waals surface area contributed by atoms with Crippen molar-refractivity contribution in [2.45, 2.75) is 24.8 Å². The van der Waals surface area contributed by atoms with Crippen molar-refractivity contribution in [3.8, 4) is 5.75 Å². The van der Waals surface area contributed by atoms with Crippen LogP contribution in [-0.2, 0) is 18.4 Å². The topological polar surface area (TPSA) is 41.6 Å². The monoisotopic (exact) mass is 460 g/mol. The van der Waals surface area contributed by atoms with E-state index in [1.807, 2.05) is 41.3 Å². The summed E-state index contributed by atoms with van der Waals surface area (Å²) in [6.07, 6.45) is 2.85. The molecule has 2 aliphatic rings. The largest absolute Gasteiger partial charge is 0.497 e. The maximum absolute atomic E-state index is 13.5. The highest BCUT2D eigenvalue weighted by molar-refractivity contribution is 6.06. The normalized spacial score (nSPS) is 18.4. The van der Waals surface area contributed by atoms with Gasteiger partial charge in [-0.2, -0.15) is 0 Å². The molecule has 2 heterocycles. The van der Waals surface area contributed by atoms with Crippen molar-refractivity contribution in [1.82, 2.24) is 0 Å². The Morgan fingerprint density at radius 2 is 1.49 bits per heavy atom. The van der Waals surface area contributed by atoms with Crippen LogP contribution in [0.5, 0.6) is 5.75 Å². The van der Waals surface area contributed by atoms with E-state index in [0.717, 1.165) is 48.5 Å². The van der Waals surface area contributed by atoms with E-state index in [1.165, 1.54) is 16.7 Å². The first-order valence-electron chi connectivity index (χ1n) is 12.2. The van der Waals surface area contributed by atoms with Gasteiger partial charge >= 0.3 is 0 Å². The van der Waals surface area contributed by atoms with Gasteiger partial charge in [0.25, 0.3) is 5.91 Å². The van der Waals surface area contributed by atoms with Gasteiger partial charge in [-0.25, -0.2) is 0 Å². The van der Waals surface area contributed by atoms with Crippen molar-refractivity contribution >= 4 is 17.3 Å². The molecule has 2 aliphatic heterocycles. The molecule has 174 valence electrons. The minimum Gasteiger partial charge on any atom is -0.497 e. The first-order chi connectivity index (χ1) is 17.2. The summed E-state index contributed by atoms with van der Waals surface area (Å²) in [6, 6.07) is 33.1. The fourth-order valence-electron chi connectivity index (χ4n) is 5.54. The highest BCUT2D eigenvalue weighted by Gasteiger charge is 2.40. The SMILES string of the molecule is COc1ccc(C2(c3ccc(C(=O)N4CCCc5ccccc54)cc3)Cc3ccccc3N2)cc1. The number of methoxy groups -OCH3 is 1. The smallest absolute Gasteiger partial charge is 0.258 e. The van der Waals surface area contributed by atoms with Gasteiger partial charge < -0.3 is 15.0 Å². The van der Waals surface area contributed by atoms with Crippen LogP contribution in [0.25, 0.3) is 0 Å². The molecule has 1 N–H and O–H groups in total. The van der Waals surface area contributed by atoms with Crippen molar-refractivity contribution in [3.63, 3.8) is 0 Å². The molecular weight excluding hydrogens is 432 g/mol. The van der Waals surface area contributed by atoms with Crippen molar-refractivity contribution in [3.05, 3.63) is 125 Å². The molecule has 4 aromatic rings. The molecule has 1 unspecified atom stereocenters. The van der Waals surface area contributed by atoms with Crippen LogP contribution in [0.4, 0.5) is 11.4 Å². The number of hydrogen-bond donors (Lipinski definition) is 1. The third-order valence-corrected chi connectivity index (χ3v) is 7.38. The molecule has 0 bridgehead atoms. The number of nitrogens with one attached hydrogen (secondary N) is 1. The number of anilines is 2. The summed E-state index contributed by atoms with van der Waals surface area (Å²) < 4.78 is 5.39. The van der Waals surface area contributed by atoms with Crippen LogP contribution < -0.4 is 15.0 Å². The van der Waals surface area contributed by atoms with Crippen LogP contribution in [-0.4, -0.2) is 19.6 Å². The van der Waals surface area contributed by atoms with Crippen LogP contribution in [0, 0.1) is 0 Å². The van der Waals surface area contributed by atoms with E-state index in [2.05, 4.69) is 66.0 Å². The lowest BCUT2D eigenvalue weighted by atomic mass is 9.80. The molecule has 0 radical (unpaired) electrons. The van der Waals surface area contributed by atoms with E-state index in [9.17, 15) is 4.79 Å². The minimum atomic E-state index is -0.407. The molecule has 4 aromatic carbocycles. The standard InChI is InChI=1S/C31H28N2O2/c1-35-27-18-16-26(17-19-27)31(21-24-8-2-4-10-28(24)32-31)25-14-12-23(13-15-25)30(34)33-20-6-9-22-7-3-5-11-29(22)33/h2-5,7-8,10-19,32H,6,9,20-21H2,1H3. The molecule has 1 amide bonds. The summed E-state index contributed by atoms with van der Waals surface area (Å²) in [6.45, 7) is 0.754. The Morgan fingerprint density at radius 1 is 0.829 bits per heavy atom. The van der Waals surface area contributed by atoms with E-state index in [-0.39, 0.29) is 5.91 Å². The average Bonchev–Trinajstić information content (AvgIpc) is 3.33. The zero-order chi connectivity index (χ0) is 23.8. The number of hydrogen-bond acceptors (Lipinski definition) is 3. The number of carbonyl (C=O) groups excluding carboxylic acids is 1. The number of carbonyl (C=O) groups is 1. The number of aryl methyl sites for hydroxylation is 1. The molecule has 0 aliphatic carbocycles. The molecular formula is C31H28N2O2. The van der Waals surface area contributed by atoms with E-state index < -0.39 is 5.54 Å². The number of benzene rings is 4. The predicted octanol–water partition coefficient (Wildman–Crippen LogP) is 6.20. The highest BCUT2D eigenvalue weighted by Crippen LogP contribution is 2.44. The molecule has 4 nitrogen and oxygen atoms in total. The van der Waals surface area contributed by atoms with Crippen molar-refractivity contribution in [2.75, 3.05) is 23.9 Å². The molecule has 0 saturated heterocycles. The van der Waals surface area contributed by atoms with Gasteiger partial charge in [-0.15, -0.1) is 0 Å². The van der Waals surface area contributed by atoms with E-state index in [1.54, 1.807) is 7.11 Å². The first kappa shape index (κ1) is 21.5. The number of rotatable bonds is 4. The van der Waals surface area contributed by atoms with Gasteiger partial charge in [0.1, 0.15) is 5.75 Å². The minimum absolute atomic E-state index is 0.0601. The summed E-state index contributed by atoms with van der Waals surface area (Å²) in [5.74, 6) is 0.895. The maximum atomic E-state index is 13.5. The highest BCUT2D eigenvalue weighted by atomic mass is 16.5. The number of nitrogens with zero attached hydrogens (tertiary/aromatic N) is 1. The molecule has 0 saturated carbocycles. The number of ether oxygens (including phenoxy) is 1. The summed E-state index contributed by atoms with van der Waals surface area (Å²) >= 11 is 0. The van der Waals surface area contributed by atoms with Crippen LogP contribution in [0.15, 0.2) is 97.1 Å². The zero-order valence-corrected chi connectivity index (χ0v) is 19.8. The average molecular weight is 461 g/mol. The third-order valence-electron chi connectivity index (χ3n) is 7.38. The maximum Gasteiger partial charge on any atom is 0.258 e. The van der Waals surface area contributed by atoms with Crippen LogP contribution in [0.2, 0.25) is 0 Å². The molecule has 0 spiro atoms. The summed E-state index contributed by atoms with van der Waals surface area (Å²) in [7, 11) is 1.69. The lowest BCUT2D eigenvalue weighted by molar-refractivity contribution is 0.0985. The first-order valence-corrected chi connectivity index (χ1v) is 12.2. The summed E-state index contributed by atoms with van der Waals surface area (Å²) in [5, 5.41) is 3.81. The zero-order valence-electron chi connectivity index (χ0n) is 19.8. The Kier molecular flexibility index (Phi) is 5.29. The predicted molar refractivity (Wildman–Crippen MR) is 140 cm³/mol. The molecule has 0 aromatic heterocycles. The van der Waals surface area contributed by atoms with E-state index in [0.29, 0.717) is 5.56 Å². The second-order valence-corrected chi connectivity index (χ2v) is 9.36. The second kappa shape index (κ2) is 8.62. The Labute approximate surface area is 206 Å². The van der Waals surface area contributed by atoms with E-state index in [4.69, 9.17) is 4.74 Å². The number of amides is 1. The summed E-state index contributed by atoms with van der Waals surface area (Å²) in [4.78, 5) is 15.4. The molecule has 0 fully saturated rings. The lowest BCUT2D eigenvalue weighted by Gasteiger charge is -2.32. The van der Waals surface area contributed by atoms with Crippen molar-refractivity contribution in [2.24, 2.45) is 0 Å². The van der Waals surface area contributed by atoms with Crippen molar-refractivity contribution < 1.29 is 9.53 Å². The fourth-order valence-corrected chi connectivity index (χ4v) is 5.54. The van der Waals surface area contributed by atoms with Gasteiger partial charge in [-0.05, 0) is 71.5 Å². The molecule has 6 rings (SSSR count). The quantitative estimate of drug-likeness (QED) is 0.394. The Bertz CT molecular complexity index is 1350. The lowest BCUT2D eigenvalue weighted by Crippen LogP contribution is -2.36. The van der Waals surface area contributed by atoms with Gasteiger partial charge in [0.05, 0.1) is 12.6 Å². The Hall–Kier alpha value is -4.05. The molecule has 1 atom stereocenters. The number of para-hydroxylation sites is 2. The molecule has 4 heteroatoms. The molecule has 35 heavy (non-hydrogen) atoms. The second-order valence-electron chi connectivity index (χ2n) is 9.36. The van der Waals surface area contributed by atoms with Crippen LogP contribution >= 0.6 is 0 Å². The van der Waals surface area contributed by atoms with Gasteiger partial charge in [0.15, 0.2) is 0 Å². The number of fused-ring (bicyclic) bond motifs is 2. The van der Waals surface area contributed by atoms with Crippen LogP contribution in [0.3, 0.4) is 0 Å². The Morgan fingerprint density at radius 3 is 2.20 bits per heavy atom. The van der Waals surface area contributed by atoms with Gasteiger partial charge in [0, 0.05) is 29.9 Å². The third kappa shape index (κ3) is 3.66. The summed E-state index contributed by atoms with van der Waals surface area (Å²) in [5.41, 5.74) is 7.32. The Balaban J connectivity index is 1.36. The van der Waals surface area contributed by atoms with E-state index >= 15 is 0 Å². The fraction of sp³-hybridized carbons (Fsp3) is 0.194. The van der Waals surface area contributed by atoms with Gasteiger partial charge in [-0.3, -0.25) is 4.79 Å². The van der Waals surface area contributed by atoms with Crippen molar-refractivity contribution in [1.29, 1.82) is 0 Å². The van der Waals surface area contributed by atoms with Gasteiger partial charge in [0.2, 0.25) is 0 Å². The van der Waals surface area contributed by atoms with Gasteiger partial charge in [-0.1, -0.05) is 60.7 Å².